The SMILES string of the molecule is COC(=O)C[C@H](CC(=O)N(C)CC1=CC(=O)C=CC1=O)NC(=O)OCc1ccccc1. The Morgan fingerprint density at radius 2 is 1.77 bits per heavy atom. The maximum absolute atomic E-state index is 12.6. The average Bonchev–Trinajstić information content (AvgIpc) is 2.75. The summed E-state index contributed by atoms with van der Waals surface area (Å²) in [4.78, 5) is 61.0. The molecule has 9 heteroatoms. The molecule has 1 aliphatic rings. The molecule has 0 spiro atoms. The van der Waals surface area contributed by atoms with Gasteiger partial charge in [-0.3, -0.25) is 19.2 Å². The van der Waals surface area contributed by atoms with E-state index in [1.54, 1.807) is 24.3 Å². The molecule has 0 heterocycles. The highest BCUT2D eigenvalue weighted by Gasteiger charge is 2.24. The lowest BCUT2D eigenvalue weighted by Gasteiger charge is -2.22. The lowest BCUT2D eigenvalue weighted by Crippen LogP contribution is -2.42. The van der Waals surface area contributed by atoms with Gasteiger partial charge in [-0.15, -0.1) is 0 Å². The second kappa shape index (κ2) is 11.4. The molecular formula is C22H24N2O7. The average molecular weight is 428 g/mol. The Labute approximate surface area is 179 Å². The molecule has 1 aromatic rings. The maximum atomic E-state index is 12.6. The normalized spacial score (nSPS) is 13.8. The monoisotopic (exact) mass is 428 g/mol. The number of esters is 1. The molecule has 0 saturated carbocycles. The number of amides is 2. The first-order valence-corrected chi connectivity index (χ1v) is 9.53. The van der Waals surface area contributed by atoms with Crippen molar-refractivity contribution < 1.29 is 33.4 Å². The van der Waals surface area contributed by atoms with Gasteiger partial charge in [-0.05, 0) is 23.8 Å². The Balaban J connectivity index is 1.94. The predicted octanol–water partition coefficient (Wildman–Crippen LogP) is 1.33. The second-order valence-corrected chi connectivity index (χ2v) is 6.91. The molecule has 0 radical (unpaired) electrons. The molecule has 164 valence electrons. The second-order valence-electron chi connectivity index (χ2n) is 6.91. The summed E-state index contributed by atoms with van der Waals surface area (Å²) < 4.78 is 9.76. The lowest BCUT2D eigenvalue weighted by atomic mass is 10.0. The van der Waals surface area contributed by atoms with Gasteiger partial charge in [0.2, 0.25) is 5.91 Å². The summed E-state index contributed by atoms with van der Waals surface area (Å²) in [5.74, 6) is -1.73. The molecule has 0 fully saturated rings. The van der Waals surface area contributed by atoms with Crippen molar-refractivity contribution in [2.75, 3.05) is 20.7 Å². The minimum absolute atomic E-state index is 0.0310. The number of nitrogens with zero attached hydrogens (tertiary/aromatic N) is 1. The van der Waals surface area contributed by atoms with Crippen LogP contribution in [-0.2, 0) is 35.3 Å². The Bertz CT molecular complexity index is 906. The first-order chi connectivity index (χ1) is 14.8. The zero-order chi connectivity index (χ0) is 22.8. The third kappa shape index (κ3) is 7.88. The highest BCUT2D eigenvalue weighted by molar-refractivity contribution is 6.17. The van der Waals surface area contributed by atoms with Crippen molar-refractivity contribution in [2.45, 2.75) is 25.5 Å². The molecular weight excluding hydrogens is 404 g/mol. The van der Waals surface area contributed by atoms with Gasteiger partial charge < -0.3 is 19.7 Å². The van der Waals surface area contributed by atoms with E-state index in [9.17, 15) is 24.0 Å². The number of alkyl carbamates (subject to hydrolysis) is 1. The van der Waals surface area contributed by atoms with Gasteiger partial charge in [-0.2, -0.15) is 0 Å². The van der Waals surface area contributed by atoms with E-state index in [4.69, 9.17) is 4.74 Å². The largest absolute Gasteiger partial charge is 0.469 e. The van der Waals surface area contributed by atoms with Crippen LogP contribution in [0.2, 0.25) is 0 Å². The zero-order valence-electron chi connectivity index (χ0n) is 17.3. The summed E-state index contributed by atoms with van der Waals surface area (Å²) in [5, 5.41) is 2.50. The number of ether oxygens (including phenoxy) is 2. The number of likely N-dealkylation sites (N-methyl/N-ethyl adjacent to an activating group) is 1. The van der Waals surface area contributed by atoms with Crippen molar-refractivity contribution in [3.05, 3.63) is 59.7 Å². The van der Waals surface area contributed by atoms with Crippen LogP contribution in [0.5, 0.6) is 0 Å². The van der Waals surface area contributed by atoms with Crippen molar-refractivity contribution in [1.29, 1.82) is 0 Å². The Kier molecular flexibility index (Phi) is 8.68. The first-order valence-electron chi connectivity index (χ1n) is 9.53. The molecule has 0 bridgehead atoms. The maximum Gasteiger partial charge on any atom is 0.407 e. The molecule has 1 aromatic carbocycles. The van der Waals surface area contributed by atoms with Crippen LogP contribution in [0.1, 0.15) is 18.4 Å². The molecule has 31 heavy (non-hydrogen) atoms. The number of carbonyl (C=O) groups is 5. The molecule has 1 atom stereocenters. The topological polar surface area (TPSA) is 119 Å². The van der Waals surface area contributed by atoms with E-state index in [0.717, 1.165) is 17.7 Å². The van der Waals surface area contributed by atoms with E-state index in [2.05, 4.69) is 10.1 Å². The molecule has 0 saturated heterocycles. The van der Waals surface area contributed by atoms with Crippen molar-refractivity contribution in [1.82, 2.24) is 10.2 Å². The summed E-state index contributed by atoms with van der Waals surface area (Å²) in [6.07, 6.45) is 2.24. The van der Waals surface area contributed by atoms with E-state index in [1.165, 1.54) is 25.1 Å². The molecule has 0 unspecified atom stereocenters. The summed E-state index contributed by atoms with van der Waals surface area (Å²) in [5.41, 5.74) is 0.968. The minimum Gasteiger partial charge on any atom is -0.469 e. The summed E-state index contributed by atoms with van der Waals surface area (Å²) >= 11 is 0. The predicted molar refractivity (Wildman–Crippen MR) is 110 cm³/mol. The summed E-state index contributed by atoms with van der Waals surface area (Å²) in [7, 11) is 2.66. The molecule has 0 aromatic heterocycles. The minimum atomic E-state index is -0.872. The molecule has 1 aliphatic carbocycles. The summed E-state index contributed by atoms with van der Waals surface area (Å²) in [6.45, 7) is -0.0412. The molecule has 9 nitrogen and oxygen atoms in total. The van der Waals surface area contributed by atoms with Crippen LogP contribution < -0.4 is 5.32 Å². The third-order valence-corrected chi connectivity index (χ3v) is 4.46. The fourth-order valence-electron chi connectivity index (χ4n) is 2.78. The Morgan fingerprint density at radius 1 is 1.06 bits per heavy atom. The lowest BCUT2D eigenvalue weighted by molar-refractivity contribution is -0.141. The Hall–Kier alpha value is -3.75. The zero-order valence-corrected chi connectivity index (χ0v) is 17.3. The number of ketones is 2. The van der Waals surface area contributed by atoms with E-state index >= 15 is 0 Å². The van der Waals surface area contributed by atoms with E-state index in [1.807, 2.05) is 6.07 Å². The standard InChI is InChI=1S/C22H24N2O7/c1-24(13-16-10-18(25)8-9-19(16)26)20(27)11-17(12-21(28)30-2)23-22(29)31-14-15-6-4-3-5-7-15/h3-10,17H,11-14H2,1-2H3,(H,23,29)/t17-/m0/s1. The molecule has 2 rings (SSSR count). The van der Waals surface area contributed by atoms with Crippen LogP contribution in [0, 0.1) is 0 Å². The van der Waals surface area contributed by atoms with Gasteiger partial charge >= 0.3 is 12.1 Å². The van der Waals surface area contributed by atoms with Crippen LogP contribution in [0.15, 0.2) is 54.1 Å². The van der Waals surface area contributed by atoms with Crippen LogP contribution >= 0.6 is 0 Å². The quantitative estimate of drug-likeness (QED) is 0.465. The molecule has 1 N–H and O–H groups in total. The van der Waals surface area contributed by atoms with Crippen molar-refractivity contribution >= 4 is 29.5 Å². The number of methoxy groups -OCH3 is 1. The number of allylic oxidation sites excluding steroid dienone is 3. The van der Waals surface area contributed by atoms with Crippen molar-refractivity contribution in [2.24, 2.45) is 0 Å². The van der Waals surface area contributed by atoms with Gasteiger partial charge in [0.05, 0.1) is 19.6 Å². The highest BCUT2D eigenvalue weighted by Crippen LogP contribution is 2.10. The van der Waals surface area contributed by atoms with Gasteiger partial charge in [-0.1, -0.05) is 30.3 Å². The Morgan fingerprint density at radius 3 is 2.45 bits per heavy atom. The number of hydrogen-bond acceptors (Lipinski definition) is 7. The van der Waals surface area contributed by atoms with Crippen molar-refractivity contribution in [3.63, 3.8) is 0 Å². The van der Waals surface area contributed by atoms with E-state index in [0.29, 0.717) is 0 Å². The van der Waals surface area contributed by atoms with Crippen LogP contribution in [0.3, 0.4) is 0 Å². The first kappa shape index (κ1) is 23.5. The van der Waals surface area contributed by atoms with E-state index in [-0.39, 0.29) is 43.1 Å². The molecule has 0 aliphatic heterocycles. The van der Waals surface area contributed by atoms with Gasteiger partial charge in [0, 0.05) is 25.6 Å². The molecule has 2 amide bonds. The number of benzene rings is 1. The highest BCUT2D eigenvalue weighted by atomic mass is 16.5. The van der Waals surface area contributed by atoms with Gasteiger partial charge in [-0.25, -0.2) is 4.79 Å². The van der Waals surface area contributed by atoms with Gasteiger partial charge in [0.15, 0.2) is 11.6 Å². The third-order valence-electron chi connectivity index (χ3n) is 4.46. The van der Waals surface area contributed by atoms with Crippen LogP contribution in [0.25, 0.3) is 0 Å². The fraction of sp³-hybridized carbons (Fsp3) is 0.318. The van der Waals surface area contributed by atoms with Gasteiger partial charge in [0.1, 0.15) is 6.61 Å². The van der Waals surface area contributed by atoms with Crippen LogP contribution in [-0.4, -0.2) is 61.2 Å². The van der Waals surface area contributed by atoms with E-state index < -0.39 is 24.0 Å². The summed E-state index contributed by atoms with van der Waals surface area (Å²) in [6, 6.07) is 8.16. The number of nitrogens with one attached hydrogen (secondary N) is 1. The van der Waals surface area contributed by atoms with Crippen LogP contribution in [0.4, 0.5) is 4.79 Å². The fourth-order valence-corrected chi connectivity index (χ4v) is 2.78. The number of carbonyl (C=O) groups excluding carboxylic acids is 5. The number of rotatable bonds is 9. The smallest absolute Gasteiger partial charge is 0.407 e. The van der Waals surface area contributed by atoms with Gasteiger partial charge in [0.25, 0.3) is 0 Å². The number of hydrogen-bond donors (Lipinski definition) is 1. The van der Waals surface area contributed by atoms with Crippen molar-refractivity contribution in [3.8, 4) is 0 Å².